The fraction of sp³-hybridized carbons (Fsp3) is 1.00. The Bertz CT molecular complexity index is 107. The second-order valence-electron chi connectivity index (χ2n) is 2.63. The van der Waals surface area contributed by atoms with Gasteiger partial charge in [0.15, 0.2) is 0 Å². The van der Waals surface area contributed by atoms with Crippen molar-refractivity contribution in [2.24, 2.45) is 0 Å². The van der Waals surface area contributed by atoms with Crippen molar-refractivity contribution in [3.8, 4) is 0 Å². The van der Waals surface area contributed by atoms with Gasteiger partial charge >= 0.3 is 17.2 Å². The van der Waals surface area contributed by atoms with Gasteiger partial charge in [0.05, 0.1) is 0 Å². The molecule has 0 rings (SSSR count). The molecule has 94 valence electrons. The van der Waals surface area contributed by atoms with Crippen molar-refractivity contribution in [2.45, 2.75) is 39.5 Å². The summed E-state index contributed by atoms with van der Waals surface area (Å²) in [6, 6.07) is 0. The number of rotatable bonds is 7. The van der Waals surface area contributed by atoms with Crippen molar-refractivity contribution in [1.29, 1.82) is 0 Å². The Hall–Kier alpha value is 0.660. The Morgan fingerprint density at radius 3 is 1.47 bits per heavy atom. The van der Waals surface area contributed by atoms with Crippen molar-refractivity contribution in [2.75, 3.05) is 14.2 Å². The van der Waals surface area contributed by atoms with Crippen LogP contribution < -0.4 is 0 Å². The van der Waals surface area contributed by atoms with E-state index in [2.05, 4.69) is 27.2 Å². The van der Waals surface area contributed by atoms with Gasteiger partial charge in [-0.05, 0) is 0 Å². The number of hydrogen-bond donors (Lipinski definition) is 2. The SMILES string of the molecule is CCCCCC.COP(OC)OP(O)O. The molecule has 0 amide bonds. The third-order valence-electron chi connectivity index (χ3n) is 1.39. The zero-order chi connectivity index (χ0) is 12.1. The monoisotopic (exact) mass is 260 g/mol. The van der Waals surface area contributed by atoms with Crippen LogP contribution in [0.5, 0.6) is 0 Å². The molecule has 0 aromatic rings. The van der Waals surface area contributed by atoms with Crippen LogP contribution in [0, 0.1) is 0 Å². The highest BCUT2D eigenvalue weighted by atomic mass is 31.2. The summed E-state index contributed by atoms with van der Waals surface area (Å²) >= 11 is 0. The van der Waals surface area contributed by atoms with Crippen LogP contribution in [0.2, 0.25) is 0 Å². The first kappa shape index (κ1) is 18.0. The van der Waals surface area contributed by atoms with Gasteiger partial charge in [0.25, 0.3) is 0 Å². The summed E-state index contributed by atoms with van der Waals surface area (Å²) in [5, 5.41) is 0. The summed E-state index contributed by atoms with van der Waals surface area (Å²) in [5.74, 6) is 0. The van der Waals surface area contributed by atoms with E-state index in [4.69, 9.17) is 9.79 Å². The van der Waals surface area contributed by atoms with Crippen LogP contribution in [0.4, 0.5) is 0 Å². The second-order valence-corrected chi connectivity index (χ2v) is 4.97. The minimum atomic E-state index is -2.37. The van der Waals surface area contributed by atoms with Gasteiger partial charge in [-0.3, -0.25) is 0 Å². The smallest absolute Gasteiger partial charge is 0.328 e. The molecule has 0 aromatic carbocycles. The highest BCUT2D eigenvalue weighted by Gasteiger charge is 2.12. The minimum Gasteiger partial charge on any atom is -0.328 e. The summed E-state index contributed by atoms with van der Waals surface area (Å²) in [7, 11) is -1.23. The van der Waals surface area contributed by atoms with Crippen molar-refractivity contribution in [3.05, 3.63) is 0 Å². The summed E-state index contributed by atoms with van der Waals surface area (Å²) < 4.78 is 13.4. The molecule has 0 aliphatic heterocycles. The van der Waals surface area contributed by atoms with Gasteiger partial charge in [-0.1, -0.05) is 39.5 Å². The van der Waals surface area contributed by atoms with E-state index in [0.29, 0.717) is 0 Å². The topological polar surface area (TPSA) is 68.2 Å². The standard InChI is InChI=1S/C6H14.C2H8O5P2/c1-3-5-6-4-2;1-5-9(6-2)7-8(3)4/h3-6H2,1-2H3;3-4H,1-2H3. The molecule has 2 N–H and O–H groups in total. The average Bonchev–Trinajstić information content (AvgIpc) is 2.23. The maximum absolute atomic E-state index is 8.24. The molecule has 0 aromatic heterocycles. The molecule has 0 aliphatic carbocycles. The van der Waals surface area contributed by atoms with Gasteiger partial charge in [-0.25, -0.2) is 4.31 Å². The highest BCUT2D eigenvalue weighted by molar-refractivity contribution is 7.54. The largest absolute Gasteiger partial charge is 0.339 e. The first-order valence-corrected chi connectivity index (χ1v) is 7.12. The fourth-order valence-corrected chi connectivity index (χ4v) is 1.86. The zero-order valence-electron chi connectivity index (χ0n) is 9.84. The summed E-state index contributed by atoms with van der Waals surface area (Å²) in [6.45, 7) is 4.46. The Kier molecular flexibility index (Phi) is 17.6. The van der Waals surface area contributed by atoms with Crippen LogP contribution in [-0.2, 0) is 13.4 Å². The molecule has 7 heteroatoms. The average molecular weight is 260 g/mol. The van der Waals surface area contributed by atoms with Crippen molar-refractivity contribution in [3.63, 3.8) is 0 Å². The Labute approximate surface area is 94.7 Å². The molecule has 0 radical (unpaired) electrons. The zero-order valence-corrected chi connectivity index (χ0v) is 11.6. The van der Waals surface area contributed by atoms with Crippen LogP contribution in [0.1, 0.15) is 39.5 Å². The van der Waals surface area contributed by atoms with E-state index < -0.39 is 17.2 Å². The van der Waals surface area contributed by atoms with E-state index >= 15 is 0 Å². The molecule has 0 saturated heterocycles. The molecule has 0 unspecified atom stereocenters. The van der Waals surface area contributed by atoms with E-state index in [0.717, 1.165) is 0 Å². The quantitative estimate of drug-likeness (QED) is 0.543. The molecule has 5 nitrogen and oxygen atoms in total. The molecule has 0 bridgehead atoms. The van der Waals surface area contributed by atoms with Crippen molar-refractivity contribution >= 4 is 17.2 Å². The Morgan fingerprint density at radius 2 is 1.33 bits per heavy atom. The molecule has 0 saturated carbocycles. The molecule has 0 heterocycles. The van der Waals surface area contributed by atoms with Crippen LogP contribution in [0.25, 0.3) is 0 Å². The van der Waals surface area contributed by atoms with Crippen LogP contribution in [0.15, 0.2) is 0 Å². The third-order valence-corrected chi connectivity index (χ3v) is 3.11. The molecule has 15 heavy (non-hydrogen) atoms. The minimum absolute atomic E-state index is 1.36. The maximum Gasteiger partial charge on any atom is 0.339 e. The highest BCUT2D eigenvalue weighted by Crippen LogP contribution is 2.48. The van der Waals surface area contributed by atoms with E-state index in [9.17, 15) is 0 Å². The van der Waals surface area contributed by atoms with Gasteiger partial charge < -0.3 is 18.8 Å². The van der Waals surface area contributed by atoms with Crippen LogP contribution >= 0.6 is 17.2 Å². The predicted molar refractivity (Wildman–Crippen MR) is 63.2 cm³/mol. The molecule has 0 spiro atoms. The van der Waals surface area contributed by atoms with E-state index in [-0.39, 0.29) is 0 Å². The fourth-order valence-electron chi connectivity index (χ4n) is 0.701. The van der Waals surface area contributed by atoms with Gasteiger partial charge in [-0.15, -0.1) is 0 Å². The summed E-state index contributed by atoms with van der Waals surface area (Å²) in [6.07, 6.45) is 5.54. The third kappa shape index (κ3) is 17.3. The molecule has 0 aliphatic rings. The summed E-state index contributed by atoms with van der Waals surface area (Å²) in [4.78, 5) is 16.5. The van der Waals surface area contributed by atoms with Gasteiger partial charge in [0.1, 0.15) is 0 Å². The first-order chi connectivity index (χ1) is 7.12. The molecule has 0 fully saturated rings. The Morgan fingerprint density at radius 1 is 0.933 bits per heavy atom. The van der Waals surface area contributed by atoms with E-state index in [1.54, 1.807) is 0 Å². The number of hydrogen-bond acceptors (Lipinski definition) is 5. The lowest BCUT2D eigenvalue weighted by Crippen LogP contribution is -1.83. The molecular weight excluding hydrogens is 238 g/mol. The first-order valence-electron chi connectivity index (χ1n) is 4.86. The maximum atomic E-state index is 8.24. The van der Waals surface area contributed by atoms with Crippen LogP contribution in [-0.4, -0.2) is 24.0 Å². The second kappa shape index (κ2) is 14.7. The summed E-state index contributed by atoms with van der Waals surface area (Å²) in [5.41, 5.74) is 0. The lowest BCUT2D eigenvalue weighted by Gasteiger charge is -2.10. The molecule has 0 atom stereocenters. The molecular formula is C8H22O5P2. The van der Waals surface area contributed by atoms with Crippen molar-refractivity contribution in [1.82, 2.24) is 0 Å². The Balaban J connectivity index is 0. The van der Waals surface area contributed by atoms with Gasteiger partial charge in [0, 0.05) is 14.2 Å². The number of unbranched alkanes of at least 4 members (excludes halogenated alkanes) is 3. The lowest BCUT2D eigenvalue weighted by molar-refractivity contribution is 0.260. The van der Waals surface area contributed by atoms with Crippen LogP contribution in [0.3, 0.4) is 0 Å². The van der Waals surface area contributed by atoms with Gasteiger partial charge in [-0.2, -0.15) is 0 Å². The van der Waals surface area contributed by atoms with Gasteiger partial charge in [0.2, 0.25) is 0 Å². The predicted octanol–water partition coefficient (Wildman–Crippen LogP) is 3.32. The van der Waals surface area contributed by atoms with Crippen molar-refractivity contribution < 1.29 is 23.1 Å². The normalized spacial score (nSPS) is 10.4. The van der Waals surface area contributed by atoms with E-state index in [1.807, 2.05) is 0 Å². The lowest BCUT2D eigenvalue weighted by atomic mass is 10.2. The van der Waals surface area contributed by atoms with E-state index in [1.165, 1.54) is 39.9 Å².